The molecule has 3 heterocycles. The van der Waals surface area contributed by atoms with Gasteiger partial charge in [0.1, 0.15) is 12.1 Å². The maximum atomic E-state index is 13.2. The Bertz CT molecular complexity index is 972. The van der Waals surface area contributed by atoms with Gasteiger partial charge in [-0.05, 0) is 21.5 Å². The number of halogens is 1. The smallest absolute Gasteiger partial charge is 0.291 e. The molecule has 0 radical (unpaired) electrons. The number of carbonyl (C=O) groups excluding carboxylic acids is 1. The van der Waals surface area contributed by atoms with Crippen LogP contribution in [0.4, 0.5) is 0 Å². The number of hydrogen-bond acceptors (Lipinski definition) is 6. The van der Waals surface area contributed by atoms with Gasteiger partial charge in [0.05, 0.1) is 17.7 Å². The van der Waals surface area contributed by atoms with Gasteiger partial charge in [-0.3, -0.25) is 9.59 Å². The Labute approximate surface area is 170 Å². The first-order chi connectivity index (χ1) is 13.4. The van der Waals surface area contributed by atoms with Gasteiger partial charge in [0.2, 0.25) is 5.43 Å². The average Bonchev–Trinajstić information content (AvgIpc) is 2.62. The molecular weight excluding hydrogens is 430 g/mol. The Morgan fingerprint density at radius 1 is 1.29 bits per heavy atom. The van der Waals surface area contributed by atoms with E-state index in [0.29, 0.717) is 0 Å². The summed E-state index contributed by atoms with van der Waals surface area (Å²) < 4.78 is 13.1. The molecule has 1 fully saturated rings. The highest BCUT2D eigenvalue weighted by Gasteiger charge is 2.57. The third kappa shape index (κ3) is 2.77. The van der Waals surface area contributed by atoms with Crippen molar-refractivity contribution in [1.82, 2.24) is 14.6 Å². The second-order valence-corrected chi connectivity index (χ2v) is 7.95. The van der Waals surface area contributed by atoms with Crippen LogP contribution < -0.4 is 10.2 Å². The van der Waals surface area contributed by atoms with E-state index in [1.807, 2.05) is 30.3 Å². The molecule has 9 heteroatoms. The highest BCUT2D eigenvalue weighted by molar-refractivity contribution is 9.10. The van der Waals surface area contributed by atoms with Gasteiger partial charge in [-0.2, -0.15) is 0 Å². The number of aliphatic hydroxyl groups excluding tert-OH is 1. The summed E-state index contributed by atoms with van der Waals surface area (Å²) in [5.74, 6) is -0.559. The Morgan fingerprint density at radius 2 is 1.96 bits per heavy atom. The van der Waals surface area contributed by atoms with Crippen LogP contribution in [0.5, 0.6) is 5.75 Å². The molecule has 8 nitrogen and oxygen atoms in total. The Kier molecular flexibility index (Phi) is 4.78. The van der Waals surface area contributed by atoms with Crippen LogP contribution in [0, 0.1) is 0 Å². The molecule has 1 aromatic carbocycles. The number of benzene rings is 1. The Hall–Kier alpha value is -2.20. The number of nitrogens with zero attached hydrogens (tertiary/aromatic N) is 3. The van der Waals surface area contributed by atoms with Crippen molar-refractivity contribution in [2.24, 2.45) is 0 Å². The molecule has 0 bridgehead atoms. The number of aromatic nitrogens is 1. The van der Waals surface area contributed by atoms with E-state index in [1.165, 1.54) is 16.2 Å². The maximum Gasteiger partial charge on any atom is 0.291 e. The van der Waals surface area contributed by atoms with Crippen molar-refractivity contribution in [3.63, 3.8) is 0 Å². The topological polar surface area (TPSA) is 84.2 Å². The molecule has 0 aliphatic carbocycles. The molecule has 1 amide bonds. The van der Waals surface area contributed by atoms with Crippen LogP contribution in [-0.2, 0) is 16.9 Å². The van der Waals surface area contributed by atoms with E-state index < -0.39 is 23.1 Å². The van der Waals surface area contributed by atoms with Gasteiger partial charge in [-0.15, -0.1) is 0 Å². The van der Waals surface area contributed by atoms with E-state index >= 15 is 0 Å². The summed E-state index contributed by atoms with van der Waals surface area (Å²) in [6.07, 6.45) is 0.400. The summed E-state index contributed by atoms with van der Waals surface area (Å²) in [4.78, 5) is 26.0. The number of fused-ring (bicyclic) bond motifs is 2. The maximum absolute atomic E-state index is 13.2. The number of hydrazine groups is 1. The lowest BCUT2D eigenvalue weighted by Crippen LogP contribution is -2.71. The lowest BCUT2D eigenvalue weighted by atomic mass is 9.90. The number of pyridine rings is 1. The first-order valence-corrected chi connectivity index (χ1v) is 9.55. The molecule has 1 atom stereocenters. The molecule has 2 aliphatic rings. The molecule has 1 spiro atoms. The first-order valence-electron chi connectivity index (χ1n) is 8.76. The summed E-state index contributed by atoms with van der Waals surface area (Å²) in [6, 6.07) is 9.39. The minimum Gasteiger partial charge on any atom is -0.483 e. The fraction of sp³-hybridized carbons (Fsp3) is 0.368. The van der Waals surface area contributed by atoms with Crippen LogP contribution in [0.25, 0.3) is 0 Å². The first kappa shape index (κ1) is 19.1. The second-order valence-electron chi connectivity index (χ2n) is 7.10. The van der Waals surface area contributed by atoms with E-state index in [1.54, 1.807) is 18.7 Å². The van der Waals surface area contributed by atoms with Crippen molar-refractivity contribution in [2.75, 3.05) is 27.3 Å². The summed E-state index contributed by atoms with van der Waals surface area (Å²) in [5.41, 5.74) is -0.322. The lowest BCUT2D eigenvalue weighted by Gasteiger charge is -2.54. The van der Waals surface area contributed by atoms with Gasteiger partial charge in [-0.1, -0.05) is 30.3 Å². The van der Waals surface area contributed by atoms with Crippen LogP contribution >= 0.6 is 15.9 Å². The van der Waals surface area contributed by atoms with Crippen molar-refractivity contribution in [3.05, 3.63) is 62.5 Å². The second kappa shape index (κ2) is 7.00. The van der Waals surface area contributed by atoms with Crippen molar-refractivity contribution in [1.29, 1.82) is 0 Å². The van der Waals surface area contributed by atoms with Crippen molar-refractivity contribution in [2.45, 2.75) is 18.4 Å². The molecule has 28 heavy (non-hydrogen) atoms. The standard InChI is InChI=1S/C19H20BrN3O5/c1-21(2)23-17(25)14-16(28-9-12-6-4-3-5-7-12)15(24)13(20)8-22(14)19(18(23)26)10-27-11-19/h3-8,18,26H,9-11H2,1-2H3. The third-order valence-corrected chi connectivity index (χ3v) is 5.65. The van der Waals surface area contributed by atoms with E-state index in [-0.39, 0.29) is 35.7 Å². The van der Waals surface area contributed by atoms with Crippen molar-refractivity contribution in [3.8, 4) is 5.75 Å². The van der Waals surface area contributed by atoms with Gasteiger partial charge in [0, 0.05) is 20.3 Å². The number of aliphatic hydroxyl groups is 1. The van der Waals surface area contributed by atoms with E-state index in [0.717, 1.165) is 5.56 Å². The van der Waals surface area contributed by atoms with Crippen LogP contribution in [0.3, 0.4) is 0 Å². The van der Waals surface area contributed by atoms with Gasteiger partial charge < -0.3 is 19.1 Å². The molecular formula is C19H20BrN3O5. The fourth-order valence-electron chi connectivity index (χ4n) is 3.55. The zero-order chi connectivity index (χ0) is 20.1. The average molecular weight is 450 g/mol. The highest BCUT2D eigenvalue weighted by atomic mass is 79.9. The van der Waals surface area contributed by atoms with E-state index in [2.05, 4.69) is 15.9 Å². The molecule has 1 aromatic heterocycles. The van der Waals surface area contributed by atoms with Crippen molar-refractivity contribution >= 4 is 21.8 Å². The SMILES string of the molecule is CN(C)N1C(=O)c2c(OCc3ccccc3)c(=O)c(Br)cn2C2(COC2)C1O. The third-order valence-electron chi connectivity index (χ3n) is 5.09. The minimum atomic E-state index is -1.13. The number of hydrogen-bond donors (Lipinski definition) is 1. The molecule has 148 valence electrons. The molecule has 1 saturated heterocycles. The van der Waals surface area contributed by atoms with E-state index in [9.17, 15) is 14.7 Å². The molecule has 4 rings (SSSR count). The fourth-order valence-corrected chi connectivity index (χ4v) is 3.93. The lowest BCUT2D eigenvalue weighted by molar-refractivity contribution is -0.231. The predicted molar refractivity (Wildman–Crippen MR) is 104 cm³/mol. The van der Waals surface area contributed by atoms with Crippen molar-refractivity contribution < 1.29 is 19.4 Å². The normalized spacial score (nSPS) is 20.2. The van der Waals surface area contributed by atoms with Gasteiger partial charge >= 0.3 is 0 Å². The molecule has 1 unspecified atom stereocenters. The number of amides is 1. The molecule has 1 N–H and O–H groups in total. The minimum absolute atomic E-state index is 0.0479. The van der Waals surface area contributed by atoms with Gasteiger partial charge in [0.15, 0.2) is 17.7 Å². The van der Waals surface area contributed by atoms with Gasteiger partial charge in [0.25, 0.3) is 5.91 Å². The Morgan fingerprint density at radius 3 is 2.54 bits per heavy atom. The number of ether oxygens (including phenoxy) is 2. The molecule has 0 saturated carbocycles. The predicted octanol–water partition coefficient (Wildman–Crippen LogP) is 1.17. The van der Waals surface area contributed by atoms with Crippen LogP contribution in [0.1, 0.15) is 16.1 Å². The number of carbonyl (C=O) groups is 1. The van der Waals surface area contributed by atoms with Crippen LogP contribution in [-0.4, -0.2) is 59.1 Å². The van der Waals surface area contributed by atoms with Crippen LogP contribution in [0.15, 0.2) is 45.8 Å². The summed E-state index contributed by atoms with van der Waals surface area (Å²) in [5, 5.41) is 13.6. The highest BCUT2D eigenvalue weighted by Crippen LogP contribution is 2.40. The zero-order valence-electron chi connectivity index (χ0n) is 15.5. The van der Waals surface area contributed by atoms with Gasteiger partial charge in [-0.25, -0.2) is 10.0 Å². The molecule has 2 aromatic rings. The Balaban J connectivity index is 1.86. The molecule has 2 aliphatic heterocycles. The summed E-state index contributed by atoms with van der Waals surface area (Å²) >= 11 is 3.27. The number of rotatable bonds is 4. The zero-order valence-corrected chi connectivity index (χ0v) is 17.0. The summed E-state index contributed by atoms with van der Waals surface area (Å²) in [7, 11) is 3.32. The monoisotopic (exact) mass is 449 g/mol. The van der Waals surface area contributed by atoms with E-state index in [4.69, 9.17) is 9.47 Å². The summed E-state index contributed by atoms with van der Waals surface area (Å²) in [6.45, 7) is 0.569. The largest absolute Gasteiger partial charge is 0.483 e. The van der Waals surface area contributed by atoms with Crippen LogP contribution in [0.2, 0.25) is 0 Å². The quantitative estimate of drug-likeness (QED) is 0.753.